The van der Waals surface area contributed by atoms with E-state index in [9.17, 15) is 9.59 Å². The fourth-order valence-electron chi connectivity index (χ4n) is 2.95. The summed E-state index contributed by atoms with van der Waals surface area (Å²) in [7, 11) is 1.63. The maximum Gasteiger partial charge on any atom is 0.255 e. The first kappa shape index (κ1) is 18.3. The molecule has 0 saturated carbocycles. The van der Waals surface area contributed by atoms with Crippen molar-refractivity contribution in [2.45, 2.75) is 6.10 Å². The third kappa shape index (κ3) is 3.92. The first-order valence-corrected chi connectivity index (χ1v) is 9.56. The van der Waals surface area contributed by atoms with Gasteiger partial charge in [-0.3, -0.25) is 9.59 Å². The van der Waals surface area contributed by atoms with Crippen molar-refractivity contribution in [3.8, 4) is 0 Å². The molecule has 0 unspecified atom stereocenters. The van der Waals surface area contributed by atoms with Crippen LogP contribution >= 0.6 is 11.3 Å². The van der Waals surface area contributed by atoms with E-state index in [0.29, 0.717) is 36.2 Å². The van der Waals surface area contributed by atoms with Gasteiger partial charge in [0.25, 0.3) is 5.91 Å². The molecule has 0 spiro atoms. The standard InChI is InChI=1S/C18H18N6O3S/c1-23-9-12(5-6-16(23)25)17(26)24-7-8-27-14(10-24)13-3-2-4-15(20-13)21-18-22-19-11-28-18/h2-6,9,11,14H,7-8,10H2,1H3,(H,20,21,22)/t14-/m1/s1. The van der Waals surface area contributed by atoms with Gasteiger partial charge in [0.2, 0.25) is 10.7 Å². The molecule has 1 saturated heterocycles. The maximum absolute atomic E-state index is 12.8. The second-order valence-corrected chi connectivity index (χ2v) is 7.13. The Morgan fingerprint density at radius 3 is 3.00 bits per heavy atom. The van der Waals surface area contributed by atoms with E-state index in [-0.39, 0.29) is 17.6 Å². The Morgan fingerprint density at radius 2 is 2.21 bits per heavy atom. The van der Waals surface area contributed by atoms with Crippen LogP contribution in [0.4, 0.5) is 10.9 Å². The first-order chi connectivity index (χ1) is 13.6. The van der Waals surface area contributed by atoms with Crippen molar-refractivity contribution < 1.29 is 9.53 Å². The molecule has 4 heterocycles. The summed E-state index contributed by atoms with van der Waals surface area (Å²) in [5, 5.41) is 11.5. The lowest BCUT2D eigenvalue weighted by Gasteiger charge is -2.32. The van der Waals surface area contributed by atoms with E-state index in [2.05, 4.69) is 20.5 Å². The molecule has 28 heavy (non-hydrogen) atoms. The number of aromatic nitrogens is 4. The van der Waals surface area contributed by atoms with Gasteiger partial charge >= 0.3 is 0 Å². The monoisotopic (exact) mass is 398 g/mol. The maximum atomic E-state index is 12.8. The lowest BCUT2D eigenvalue weighted by atomic mass is 10.1. The van der Waals surface area contributed by atoms with Gasteiger partial charge in [-0.15, -0.1) is 10.2 Å². The summed E-state index contributed by atoms with van der Waals surface area (Å²) >= 11 is 1.38. The van der Waals surface area contributed by atoms with Gasteiger partial charge in [0.15, 0.2) is 0 Å². The number of nitrogens with zero attached hydrogens (tertiary/aromatic N) is 5. The molecule has 0 aliphatic carbocycles. The molecule has 0 aromatic carbocycles. The largest absolute Gasteiger partial charge is 0.368 e. The summed E-state index contributed by atoms with van der Waals surface area (Å²) in [5.41, 5.74) is 2.69. The minimum atomic E-state index is -0.332. The van der Waals surface area contributed by atoms with Gasteiger partial charge in [-0.2, -0.15) is 0 Å². The molecule has 3 aromatic heterocycles. The summed E-state index contributed by atoms with van der Waals surface area (Å²) in [6.07, 6.45) is 1.22. The average Bonchev–Trinajstić information content (AvgIpc) is 3.23. The van der Waals surface area contributed by atoms with Crippen molar-refractivity contribution in [1.29, 1.82) is 0 Å². The predicted molar refractivity (Wildman–Crippen MR) is 104 cm³/mol. The lowest BCUT2D eigenvalue weighted by Crippen LogP contribution is -2.42. The number of rotatable bonds is 4. The molecule has 0 bridgehead atoms. The zero-order valence-corrected chi connectivity index (χ0v) is 15.9. The molecular weight excluding hydrogens is 380 g/mol. The number of carbonyl (C=O) groups excluding carboxylic acids is 1. The molecule has 3 aromatic rings. The van der Waals surface area contributed by atoms with Gasteiger partial charge < -0.3 is 19.5 Å². The predicted octanol–water partition coefficient (Wildman–Crippen LogP) is 1.59. The van der Waals surface area contributed by atoms with Crippen LogP contribution in [-0.4, -0.2) is 50.3 Å². The molecular formula is C18H18N6O3S. The van der Waals surface area contributed by atoms with E-state index in [0.717, 1.165) is 5.69 Å². The highest BCUT2D eigenvalue weighted by Gasteiger charge is 2.27. The Kier molecular flexibility index (Phi) is 5.13. The molecule has 10 heteroatoms. The molecule has 9 nitrogen and oxygen atoms in total. The van der Waals surface area contributed by atoms with Crippen LogP contribution < -0.4 is 10.9 Å². The van der Waals surface area contributed by atoms with E-state index in [4.69, 9.17) is 4.74 Å². The van der Waals surface area contributed by atoms with Crippen LogP contribution in [0.1, 0.15) is 22.2 Å². The number of amides is 1. The van der Waals surface area contributed by atoms with Gasteiger partial charge in [-0.25, -0.2) is 4.98 Å². The highest BCUT2D eigenvalue weighted by molar-refractivity contribution is 7.13. The number of anilines is 2. The zero-order chi connectivity index (χ0) is 19.5. The average molecular weight is 398 g/mol. The SMILES string of the molecule is Cn1cc(C(=O)N2CCO[C@@H](c3cccc(Nc4nncs4)n3)C2)ccc1=O. The zero-order valence-electron chi connectivity index (χ0n) is 15.1. The summed E-state index contributed by atoms with van der Waals surface area (Å²) in [5.74, 6) is 0.506. The van der Waals surface area contributed by atoms with E-state index >= 15 is 0 Å². The quantitative estimate of drug-likeness (QED) is 0.712. The van der Waals surface area contributed by atoms with Crippen LogP contribution in [0.15, 0.2) is 46.8 Å². The van der Waals surface area contributed by atoms with Crippen LogP contribution in [0.2, 0.25) is 0 Å². The Hall–Kier alpha value is -3.11. The number of aryl methyl sites for hydroxylation is 1. The van der Waals surface area contributed by atoms with Gasteiger partial charge in [0.05, 0.1) is 24.4 Å². The van der Waals surface area contributed by atoms with E-state index in [1.807, 2.05) is 18.2 Å². The van der Waals surface area contributed by atoms with Crippen molar-refractivity contribution in [3.05, 3.63) is 63.7 Å². The van der Waals surface area contributed by atoms with Gasteiger partial charge in [0, 0.05) is 25.9 Å². The summed E-state index contributed by atoms with van der Waals surface area (Å²) in [6.45, 7) is 1.29. The highest BCUT2D eigenvalue weighted by Crippen LogP contribution is 2.24. The first-order valence-electron chi connectivity index (χ1n) is 8.68. The van der Waals surface area contributed by atoms with Crippen LogP contribution in [0, 0.1) is 0 Å². The Morgan fingerprint density at radius 1 is 1.32 bits per heavy atom. The third-order valence-corrected chi connectivity index (χ3v) is 4.99. The second-order valence-electron chi connectivity index (χ2n) is 6.29. The van der Waals surface area contributed by atoms with Gasteiger partial charge in [-0.05, 0) is 18.2 Å². The van der Waals surface area contributed by atoms with E-state index in [1.54, 1.807) is 29.7 Å². The number of morpholine rings is 1. The highest BCUT2D eigenvalue weighted by atomic mass is 32.1. The third-order valence-electron chi connectivity index (χ3n) is 4.38. The molecule has 1 fully saturated rings. The molecule has 144 valence electrons. The molecule has 1 aliphatic heterocycles. The second kappa shape index (κ2) is 7.87. The smallest absolute Gasteiger partial charge is 0.255 e. The molecule has 1 aliphatic rings. The van der Waals surface area contributed by atoms with Gasteiger partial charge in [0.1, 0.15) is 17.4 Å². The minimum Gasteiger partial charge on any atom is -0.368 e. The molecule has 4 rings (SSSR count). The van der Waals surface area contributed by atoms with Gasteiger partial charge in [-0.1, -0.05) is 17.4 Å². The minimum absolute atomic E-state index is 0.132. The Balaban J connectivity index is 1.49. The number of hydrogen-bond acceptors (Lipinski definition) is 8. The normalized spacial score (nSPS) is 16.8. The number of hydrogen-bond donors (Lipinski definition) is 1. The van der Waals surface area contributed by atoms with E-state index < -0.39 is 0 Å². The van der Waals surface area contributed by atoms with Crippen LogP contribution in [0.3, 0.4) is 0 Å². The molecule has 1 N–H and O–H groups in total. The molecule has 1 atom stereocenters. The van der Waals surface area contributed by atoms with Crippen LogP contribution in [0.25, 0.3) is 0 Å². The Labute approximate surface area is 164 Å². The van der Waals surface area contributed by atoms with Crippen LogP contribution in [-0.2, 0) is 11.8 Å². The topological polar surface area (TPSA) is 102 Å². The fraction of sp³-hybridized carbons (Fsp3) is 0.278. The van der Waals surface area contributed by atoms with Crippen molar-refractivity contribution in [2.24, 2.45) is 7.05 Å². The summed E-state index contributed by atoms with van der Waals surface area (Å²) < 4.78 is 7.25. The lowest BCUT2D eigenvalue weighted by molar-refractivity contribution is -0.0246. The summed E-state index contributed by atoms with van der Waals surface area (Å²) in [6, 6.07) is 8.54. The van der Waals surface area contributed by atoms with Crippen molar-refractivity contribution >= 4 is 28.2 Å². The number of nitrogens with one attached hydrogen (secondary N) is 1. The molecule has 0 radical (unpaired) electrons. The van der Waals surface area contributed by atoms with Crippen molar-refractivity contribution in [1.82, 2.24) is 24.6 Å². The number of ether oxygens (including phenoxy) is 1. The summed E-state index contributed by atoms with van der Waals surface area (Å²) in [4.78, 5) is 30.7. The van der Waals surface area contributed by atoms with Crippen molar-refractivity contribution in [2.75, 3.05) is 25.0 Å². The van der Waals surface area contributed by atoms with Crippen molar-refractivity contribution in [3.63, 3.8) is 0 Å². The number of pyridine rings is 2. The Bertz CT molecular complexity index is 1040. The fourth-order valence-corrected chi connectivity index (χ4v) is 3.41. The number of carbonyl (C=O) groups is 1. The molecule has 1 amide bonds. The van der Waals surface area contributed by atoms with Crippen LogP contribution in [0.5, 0.6) is 0 Å². The van der Waals surface area contributed by atoms with E-state index in [1.165, 1.54) is 22.0 Å².